The van der Waals surface area contributed by atoms with E-state index in [1.165, 1.54) is 31.3 Å². The quantitative estimate of drug-likeness (QED) is 0.246. The normalized spacial score (nSPS) is 47.5. The molecule has 5 aliphatic rings. The fourth-order valence-electron chi connectivity index (χ4n) is 10.4. The van der Waals surface area contributed by atoms with Crippen LogP contribution in [0.3, 0.4) is 0 Å². The molecule has 1 heterocycles. The summed E-state index contributed by atoms with van der Waals surface area (Å²) in [5.74, 6) is 3.58. The number of hydrogen-bond acceptors (Lipinski definition) is 7. The van der Waals surface area contributed by atoms with Gasteiger partial charge in [0.15, 0.2) is 6.29 Å². The van der Waals surface area contributed by atoms with Crippen LogP contribution in [0.15, 0.2) is 24.3 Å². The van der Waals surface area contributed by atoms with Crippen molar-refractivity contribution in [3.63, 3.8) is 0 Å². The lowest BCUT2D eigenvalue weighted by atomic mass is 9.47. The Morgan fingerprint density at radius 2 is 1.79 bits per heavy atom. The van der Waals surface area contributed by atoms with Crippen LogP contribution in [-0.2, 0) is 9.47 Å². The van der Waals surface area contributed by atoms with Gasteiger partial charge in [0.25, 0.3) is 0 Å². The molecular formula is C35H58O7. The molecule has 7 heteroatoms. The molecule has 4 fully saturated rings. The van der Waals surface area contributed by atoms with Gasteiger partial charge in [0, 0.05) is 0 Å². The van der Waals surface area contributed by atoms with Crippen LogP contribution in [0.25, 0.3) is 0 Å². The fraction of sp³-hybridized carbons (Fsp3) is 0.886. The van der Waals surface area contributed by atoms with Crippen LogP contribution < -0.4 is 0 Å². The van der Waals surface area contributed by atoms with Crippen LogP contribution in [0, 0.1) is 46.3 Å². The standard InChI is InChI=1S/C35H58O7/c1-7-35(40,20(2)3)17-12-21(4)25-10-11-26-24-9-8-22-18-23(13-15-33(22,5)27(24)14-16-34(25,26)6)41-32-31(39)30(38)29(37)28(19-36)42-32/h7-8,20-21,23-32,36-40H,1,9-19H2,2-6H3/t21-,23+,24+,25-,26+,27+,28-,29-,30+,31-,32-,33+,34-,35-/m1/s1. The molecule has 1 saturated heterocycles. The van der Waals surface area contributed by atoms with Crippen molar-refractivity contribution in [3.8, 4) is 0 Å². The van der Waals surface area contributed by atoms with Gasteiger partial charge in [-0.05, 0) is 111 Å². The first-order valence-electron chi connectivity index (χ1n) is 16.8. The lowest BCUT2D eigenvalue weighted by Crippen LogP contribution is -2.60. The van der Waals surface area contributed by atoms with E-state index in [-0.39, 0.29) is 17.4 Å². The van der Waals surface area contributed by atoms with Crippen molar-refractivity contribution in [1.82, 2.24) is 0 Å². The van der Waals surface area contributed by atoms with Gasteiger partial charge in [0.1, 0.15) is 24.4 Å². The van der Waals surface area contributed by atoms with E-state index in [1.807, 2.05) is 0 Å². The second-order valence-corrected chi connectivity index (χ2v) is 15.6. The summed E-state index contributed by atoms with van der Waals surface area (Å²) in [6.45, 7) is 15.1. The molecule has 0 amide bonds. The van der Waals surface area contributed by atoms with Crippen molar-refractivity contribution >= 4 is 0 Å². The van der Waals surface area contributed by atoms with E-state index in [9.17, 15) is 25.5 Å². The van der Waals surface area contributed by atoms with E-state index in [2.05, 4.69) is 47.3 Å². The van der Waals surface area contributed by atoms with Gasteiger partial charge in [-0.2, -0.15) is 0 Å². The molecule has 3 saturated carbocycles. The smallest absolute Gasteiger partial charge is 0.186 e. The van der Waals surface area contributed by atoms with Gasteiger partial charge in [0.2, 0.25) is 0 Å². The zero-order valence-corrected chi connectivity index (χ0v) is 26.6. The van der Waals surface area contributed by atoms with Crippen molar-refractivity contribution in [2.75, 3.05) is 6.61 Å². The van der Waals surface area contributed by atoms with Gasteiger partial charge in [-0.25, -0.2) is 0 Å². The molecule has 14 atom stereocenters. The minimum Gasteiger partial charge on any atom is -0.394 e. The van der Waals surface area contributed by atoms with E-state index < -0.39 is 42.9 Å². The van der Waals surface area contributed by atoms with Gasteiger partial charge in [-0.3, -0.25) is 0 Å². The predicted octanol–water partition coefficient (Wildman–Crippen LogP) is 4.74. The third kappa shape index (κ3) is 5.48. The molecule has 0 unspecified atom stereocenters. The molecule has 0 aromatic carbocycles. The second kappa shape index (κ2) is 12.2. The third-order valence-electron chi connectivity index (χ3n) is 13.3. The summed E-state index contributed by atoms with van der Waals surface area (Å²) in [6, 6.07) is 0. The monoisotopic (exact) mass is 590 g/mol. The summed E-state index contributed by atoms with van der Waals surface area (Å²) in [5.41, 5.74) is 1.19. The minimum absolute atomic E-state index is 0.132. The SMILES string of the molecule is C=C[C@@](O)(CC[C@@H](C)[C@H]1CC[C@H]2[C@@H]3CC=C4C[C@@H](O[C@@H]5O[C@H](CO)[C@@H](O)[C@H](O)[C@H]5O)CC[C@]4(C)[C@H]3CC[C@]12C)C(C)C. The molecule has 0 radical (unpaired) electrons. The Morgan fingerprint density at radius 3 is 2.45 bits per heavy atom. The van der Waals surface area contributed by atoms with E-state index in [0.29, 0.717) is 29.1 Å². The largest absolute Gasteiger partial charge is 0.394 e. The average Bonchev–Trinajstić information content (AvgIpc) is 3.33. The van der Waals surface area contributed by atoms with Crippen LogP contribution in [0.4, 0.5) is 0 Å². The molecule has 4 aliphatic carbocycles. The van der Waals surface area contributed by atoms with Gasteiger partial charge < -0.3 is 35.0 Å². The highest BCUT2D eigenvalue weighted by atomic mass is 16.7. The third-order valence-corrected chi connectivity index (χ3v) is 13.3. The van der Waals surface area contributed by atoms with Gasteiger partial charge >= 0.3 is 0 Å². The molecular weight excluding hydrogens is 532 g/mol. The number of ether oxygens (including phenoxy) is 2. The van der Waals surface area contributed by atoms with Crippen LogP contribution in [-0.4, -0.2) is 74.6 Å². The first-order valence-corrected chi connectivity index (χ1v) is 16.8. The zero-order chi connectivity index (χ0) is 30.6. The molecule has 240 valence electrons. The zero-order valence-electron chi connectivity index (χ0n) is 26.6. The molecule has 5 rings (SSSR count). The fourth-order valence-corrected chi connectivity index (χ4v) is 10.4. The van der Waals surface area contributed by atoms with Crippen LogP contribution >= 0.6 is 0 Å². The Bertz CT molecular complexity index is 996. The molecule has 7 nitrogen and oxygen atoms in total. The maximum absolute atomic E-state index is 11.1. The summed E-state index contributed by atoms with van der Waals surface area (Å²) < 4.78 is 11.9. The predicted molar refractivity (Wildman–Crippen MR) is 162 cm³/mol. The van der Waals surface area contributed by atoms with Crippen molar-refractivity contribution in [2.24, 2.45) is 46.3 Å². The highest BCUT2D eigenvalue weighted by Gasteiger charge is 2.59. The number of allylic oxidation sites excluding steroid dienone is 1. The summed E-state index contributed by atoms with van der Waals surface area (Å²) in [6.07, 6.45) is 8.72. The number of hydrogen-bond donors (Lipinski definition) is 5. The lowest BCUT2D eigenvalue weighted by Gasteiger charge is -2.58. The van der Waals surface area contributed by atoms with Crippen LogP contribution in [0.1, 0.15) is 98.8 Å². The number of aliphatic hydroxyl groups is 5. The van der Waals surface area contributed by atoms with E-state index in [4.69, 9.17) is 9.47 Å². The van der Waals surface area contributed by atoms with Crippen LogP contribution in [0.2, 0.25) is 0 Å². The molecule has 5 N–H and O–H groups in total. The summed E-state index contributed by atoms with van der Waals surface area (Å²) >= 11 is 0. The average molecular weight is 591 g/mol. The first kappa shape index (κ1) is 32.6. The Hall–Kier alpha value is -0.800. The Balaban J connectivity index is 1.24. The number of rotatable bonds is 9. The highest BCUT2D eigenvalue weighted by Crippen LogP contribution is 2.67. The summed E-state index contributed by atoms with van der Waals surface area (Å²) in [4.78, 5) is 0. The van der Waals surface area contributed by atoms with Crippen LogP contribution in [0.5, 0.6) is 0 Å². The maximum atomic E-state index is 11.1. The molecule has 0 aromatic rings. The molecule has 1 aliphatic heterocycles. The second-order valence-electron chi connectivity index (χ2n) is 15.6. The summed E-state index contributed by atoms with van der Waals surface area (Å²) in [7, 11) is 0. The first-order chi connectivity index (χ1) is 19.8. The topological polar surface area (TPSA) is 120 Å². The number of fused-ring (bicyclic) bond motifs is 5. The summed E-state index contributed by atoms with van der Waals surface area (Å²) in [5, 5.41) is 51.4. The van der Waals surface area contributed by atoms with Crippen molar-refractivity contribution in [2.45, 2.75) is 141 Å². The van der Waals surface area contributed by atoms with Gasteiger partial charge in [-0.15, -0.1) is 6.58 Å². The Morgan fingerprint density at radius 1 is 1.05 bits per heavy atom. The molecule has 0 bridgehead atoms. The van der Waals surface area contributed by atoms with E-state index >= 15 is 0 Å². The molecule has 0 spiro atoms. The van der Waals surface area contributed by atoms with Crippen molar-refractivity contribution < 1.29 is 35.0 Å². The Labute approximate surface area is 253 Å². The van der Waals surface area contributed by atoms with Crippen molar-refractivity contribution in [3.05, 3.63) is 24.3 Å². The number of aliphatic hydroxyl groups excluding tert-OH is 4. The lowest BCUT2D eigenvalue weighted by molar-refractivity contribution is -0.313. The highest BCUT2D eigenvalue weighted by molar-refractivity contribution is 5.25. The van der Waals surface area contributed by atoms with Crippen molar-refractivity contribution in [1.29, 1.82) is 0 Å². The minimum atomic E-state index is -1.41. The van der Waals surface area contributed by atoms with E-state index in [0.717, 1.165) is 44.4 Å². The molecule has 0 aromatic heterocycles. The maximum Gasteiger partial charge on any atom is 0.186 e. The molecule has 42 heavy (non-hydrogen) atoms. The Kier molecular flexibility index (Phi) is 9.45. The van der Waals surface area contributed by atoms with Gasteiger partial charge in [-0.1, -0.05) is 52.3 Å². The van der Waals surface area contributed by atoms with Gasteiger partial charge in [0.05, 0.1) is 18.3 Å². The van der Waals surface area contributed by atoms with E-state index in [1.54, 1.807) is 6.08 Å².